The molecule has 1 aromatic heterocycles. The van der Waals surface area contributed by atoms with Crippen LogP contribution >= 0.6 is 11.3 Å². The van der Waals surface area contributed by atoms with E-state index in [0.29, 0.717) is 0 Å². The zero-order chi connectivity index (χ0) is 90.7. The van der Waals surface area contributed by atoms with Gasteiger partial charge < -0.3 is 14.7 Å². The van der Waals surface area contributed by atoms with Crippen LogP contribution in [0.25, 0.3) is 173 Å². The monoisotopic (exact) mass is 1750 g/mol. The Hall–Kier alpha value is -16.8. The Balaban J connectivity index is 0.000000109. The summed E-state index contributed by atoms with van der Waals surface area (Å²) in [5.74, 6) is 0. The van der Waals surface area contributed by atoms with Gasteiger partial charge in [-0.2, -0.15) is 0 Å². The Morgan fingerprint density at radius 3 is 0.956 bits per heavy atom. The number of hydrogen-bond acceptors (Lipinski definition) is 4. The van der Waals surface area contributed by atoms with Crippen molar-refractivity contribution in [1.82, 2.24) is 0 Å². The third kappa shape index (κ3) is 13.8. The van der Waals surface area contributed by atoms with Crippen molar-refractivity contribution in [1.29, 1.82) is 0 Å². The molecule has 0 atom stereocenters. The van der Waals surface area contributed by atoms with Gasteiger partial charge in [0.25, 0.3) is 0 Å². The minimum Gasteiger partial charge on any atom is -0.310 e. The van der Waals surface area contributed by atoms with Gasteiger partial charge >= 0.3 is 0 Å². The largest absolute Gasteiger partial charge is 0.310 e. The van der Waals surface area contributed by atoms with E-state index in [2.05, 4.69) is 534 Å². The summed E-state index contributed by atoms with van der Waals surface area (Å²) in [7, 11) is 0. The second-order valence-electron chi connectivity index (χ2n) is 37.3. The third-order valence-corrected chi connectivity index (χ3v) is 29.9. The van der Waals surface area contributed by atoms with Crippen LogP contribution in [0.2, 0.25) is 0 Å². The highest BCUT2D eigenvalue weighted by molar-refractivity contribution is 7.26. The normalized spacial score (nSPS) is 12.7. The highest BCUT2D eigenvalue weighted by atomic mass is 32.1. The quantitative estimate of drug-likeness (QED) is 0.113. The topological polar surface area (TPSA) is 9.72 Å². The van der Waals surface area contributed by atoms with Crippen molar-refractivity contribution in [2.24, 2.45) is 0 Å². The molecule has 0 radical (unpaired) electrons. The maximum absolute atomic E-state index is 2.38. The van der Waals surface area contributed by atoms with Crippen molar-refractivity contribution >= 4 is 180 Å². The van der Waals surface area contributed by atoms with E-state index in [1.54, 1.807) is 0 Å². The number of nitrogens with zero attached hydrogens (tertiary/aromatic N) is 3. The molecule has 0 spiro atoms. The van der Waals surface area contributed by atoms with Gasteiger partial charge in [0.15, 0.2) is 0 Å². The Morgan fingerprint density at radius 1 is 0.169 bits per heavy atom. The van der Waals surface area contributed by atoms with Gasteiger partial charge in [-0.15, -0.1) is 11.3 Å². The maximum atomic E-state index is 2.38. The Bertz CT molecular complexity index is 9040. The summed E-state index contributed by atoms with van der Waals surface area (Å²) in [6.07, 6.45) is 0. The van der Waals surface area contributed by atoms with Crippen LogP contribution in [-0.4, -0.2) is 0 Å². The first-order chi connectivity index (χ1) is 67.0. The molecule has 0 N–H and O–H groups in total. The van der Waals surface area contributed by atoms with E-state index in [1.807, 2.05) is 11.3 Å². The van der Waals surface area contributed by atoms with E-state index in [4.69, 9.17) is 0 Å². The fourth-order valence-electron chi connectivity index (χ4n) is 22.4. The van der Waals surface area contributed by atoms with Crippen LogP contribution < -0.4 is 14.7 Å². The van der Waals surface area contributed by atoms with Gasteiger partial charge in [0.05, 0.1) is 0 Å². The summed E-state index contributed by atoms with van der Waals surface area (Å²) in [6, 6.07) is 180. The zero-order valence-corrected chi connectivity index (χ0v) is 76.8. The average Bonchev–Trinajstić information content (AvgIpc) is 1.53. The lowest BCUT2D eigenvalue weighted by molar-refractivity contribution is 0.661. The molecule has 0 saturated heterocycles. The average molecular weight is 1750 g/mol. The van der Waals surface area contributed by atoms with Gasteiger partial charge in [-0.3, -0.25) is 0 Å². The van der Waals surface area contributed by atoms with Crippen molar-refractivity contribution in [2.75, 3.05) is 14.7 Å². The molecular weight excluding hydrogens is 1660 g/mol. The molecule has 27 rings (SSSR count). The molecule has 25 aromatic rings. The van der Waals surface area contributed by atoms with Gasteiger partial charge in [-0.1, -0.05) is 398 Å². The van der Waals surface area contributed by atoms with Crippen LogP contribution in [0.4, 0.5) is 51.2 Å². The summed E-state index contributed by atoms with van der Waals surface area (Å²) < 4.78 is 2.69. The molecule has 0 bridgehead atoms. The molecule has 2 aliphatic rings. The van der Waals surface area contributed by atoms with E-state index in [0.717, 1.165) is 51.2 Å². The van der Waals surface area contributed by atoms with Crippen LogP contribution in [0.1, 0.15) is 49.9 Å². The summed E-state index contributed by atoms with van der Waals surface area (Å²) in [6.45, 7) is 9.47. The van der Waals surface area contributed by atoms with Crippen molar-refractivity contribution in [2.45, 2.75) is 38.5 Å². The fourth-order valence-corrected chi connectivity index (χ4v) is 23.6. The van der Waals surface area contributed by atoms with E-state index < -0.39 is 0 Å². The van der Waals surface area contributed by atoms with Crippen LogP contribution in [0, 0.1) is 0 Å². The number of benzene rings is 24. The third-order valence-electron chi connectivity index (χ3n) is 28.8. The van der Waals surface area contributed by atoms with Crippen molar-refractivity contribution in [3.63, 3.8) is 0 Å². The number of thiophene rings is 1. The molecule has 24 aromatic carbocycles. The van der Waals surface area contributed by atoms with E-state index in [-0.39, 0.29) is 10.8 Å². The van der Waals surface area contributed by atoms with Crippen LogP contribution in [-0.2, 0) is 10.8 Å². The van der Waals surface area contributed by atoms with Gasteiger partial charge in [0.2, 0.25) is 0 Å². The lowest BCUT2D eigenvalue weighted by atomic mass is 9.79. The standard InChI is InChI=1S/2C45H33N.C42H27NS/c1-45(2)41-19-10-9-18-40(41)44-39-24-22-31-20-21-33-29-36(23-25-37(33)43(31)38(39)26-27-42(44)45)46(34-15-7-4-8-16-34)35-17-11-14-32(28-35)30-12-5-3-6-13-30;1-45(2)42-19-10-9-18-38(42)40-27-26-39-41(44(40)45)24-22-31-20-21-33-29-36(23-25-37(33)43(31)39)46(34-15-7-4-8-16-34)35-17-11-14-32(28-35)30-12-5-3-6-13-30;1-3-10-28(11-4-1)30-12-9-15-33(26-30)43(32-13-5-2-6-14-32)34-21-23-35-31(27-34)19-18-29-20-22-37-36(41(29)35)24-25-40-42(37)38-16-7-8-17-39(38)44-40/h2*3-29H,1-2H3;1-27H. The lowest BCUT2D eigenvalue weighted by Crippen LogP contribution is -2.15. The summed E-state index contributed by atoms with van der Waals surface area (Å²) in [5.41, 5.74) is 28.6. The number of para-hydroxylation sites is 3. The predicted molar refractivity (Wildman–Crippen MR) is 585 cm³/mol. The molecule has 0 amide bonds. The van der Waals surface area contributed by atoms with Gasteiger partial charge in [0, 0.05) is 82.2 Å². The molecule has 0 unspecified atom stereocenters. The fraction of sp³-hybridized carbons (Fsp3) is 0.0455. The SMILES string of the molecule is CC1(C)c2ccccc2-c2c1ccc1c2ccc2ccc3cc(N(c4ccccc4)c4cccc(-c5ccccc5)c4)ccc3c21.CC1(C)c2ccccc2-c2ccc3c(ccc4ccc5cc(N(c6ccccc6)c6cccc(-c7ccccc7)c6)ccc5c43)c21.c1ccc(-c2cccc(N(c3ccccc3)c3ccc4c(ccc5ccc6c(ccc7sc8ccccc8c76)c54)c3)c2)cc1. The molecule has 1 heterocycles. The number of rotatable bonds is 12. The molecule has 0 aliphatic heterocycles. The number of hydrogen-bond donors (Lipinski definition) is 0. The second-order valence-corrected chi connectivity index (χ2v) is 38.4. The number of fused-ring (bicyclic) bond motifs is 27. The van der Waals surface area contributed by atoms with Crippen LogP contribution in [0.3, 0.4) is 0 Å². The summed E-state index contributed by atoms with van der Waals surface area (Å²) >= 11 is 1.88. The zero-order valence-electron chi connectivity index (χ0n) is 76.0. The van der Waals surface area contributed by atoms with Gasteiger partial charge in [-0.25, -0.2) is 0 Å². The minimum atomic E-state index is -0.0542. The molecule has 2 aliphatic carbocycles. The van der Waals surface area contributed by atoms with Crippen LogP contribution in [0.15, 0.2) is 491 Å². The maximum Gasteiger partial charge on any atom is 0.0468 e. The van der Waals surface area contributed by atoms with E-state index >= 15 is 0 Å². The highest BCUT2D eigenvalue weighted by Gasteiger charge is 2.39. The minimum absolute atomic E-state index is 0.0125. The first-order valence-corrected chi connectivity index (χ1v) is 48.1. The van der Waals surface area contributed by atoms with Crippen molar-refractivity contribution in [3.8, 4) is 55.6 Å². The number of anilines is 9. The van der Waals surface area contributed by atoms with E-state index in [9.17, 15) is 0 Å². The van der Waals surface area contributed by atoms with Crippen molar-refractivity contribution < 1.29 is 0 Å². The first-order valence-electron chi connectivity index (χ1n) is 47.2. The second kappa shape index (κ2) is 33.2. The van der Waals surface area contributed by atoms with Crippen LogP contribution in [0.5, 0.6) is 0 Å². The van der Waals surface area contributed by atoms with E-state index in [1.165, 1.54) is 195 Å². The molecule has 3 nitrogen and oxygen atoms in total. The highest BCUT2D eigenvalue weighted by Crippen LogP contribution is 2.56. The van der Waals surface area contributed by atoms with Crippen molar-refractivity contribution in [3.05, 3.63) is 514 Å². The predicted octanol–water partition coefficient (Wildman–Crippen LogP) is 37.8. The summed E-state index contributed by atoms with van der Waals surface area (Å²) in [5, 5.41) is 26.0. The molecule has 0 saturated carbocycles. The Labute approximate surface area is 796 Å². The first kappa shape index (κ1) is 81.2. The molecular formula is C132H93N3S. The Morgan fingerprint density at radius 2 is 0.485 bits per heavy atom. The molecule has 4 heteroatoms. The molecule has 0 fully saturated rings. The van der Waals surface area contributed by atoms with Gasteiger partial charge in [0.1, 0.15) is 0 Å². The molecule has 136 heavy (non-hydrogen) atoms. The summed E-state index contributed by atoms with van der Waals surface area (Å²) in [4.78, 5) is 7.09. The van der Waals surface area contributed by atoms with Gasteiger partial charge in [-0.05, 0) is 296 Å². The smallest absolute Gasteiger partial charge is 0.0468 e. The Kier molecular flexibility index (Phi) is 19.8. The molecule has 642 valence electrons. The lowest BCUT2D eigenvalue weighted by Gasteiger charge is -2.26.